The van der Waals surface area contributed by atoms with Gasteiger partial charge in [0.05, 0.1) is 10.6 Å². The number of unbranched alkanes of at least 4 members (excludes halogenated alkanes) is 3. The van der Waals surface area contributed by atoms with Crippen molar-refractivity contribution in [1.29, 1.82) is 0 Å². The van der Waals surface area contributed by atoms with Gasteiger partial charge >= 0.3 is 0 Å². The zero-order chi connectivity index (χ0) is 20.1. The summed E-state index contributed by atoms with van der Waals surface area (Å²) in [5, 5.41) is 18.9. The number of aromatic nitrogens is 3. The third-order valence-electron chi connectivity index (χ3n) is 4.64. The minimum Gasteiger partial charge on any atom is -0.388 e. The molecular formula is C21H24ClN3O2S. The van der Waals surface area contributed by atoms with Crippen LogP contribution in [0.5, 0.6) is 0 Å². The highest BCUT2D eigenvalue weighted by atomic mass is 35.5. The van der Waals surface area contributed by atoms with Crippen molar-refractivity contribution in [1.82, 2.24) is 14.8 Å². The molecule has 148 valence electrons. The van der Waals surface area contributed by atoms with Crippen molar-refractivity contribution < 1.29 is 9.90 Å². The van der Waals surface area contributed by atoms with Crippen molar-refractivity contribution in [3.05, 3.63) is 63.0 Å². The minimum atomic E-state index is -0.246. The smallest absolute Gasteiger partial charge is 0.197 e. The second kappa shape index (κ2) is 9.45. The Morgan fingerprint density at radius 2 is 1.96 bits per heavy atom. The summed E-state index contributed by atoms with van der Waals surface area (Å²) in [5.74, 6) is 0.926. The Morgan fingerprint density at radius 3 is 2.68 bits per heavy atom. The van der Waals surface area contributed by atoms with Crippen LogP contribution < -0.4 is 0 Å². The summed E-state index contributed by atoms with van der Waals surface area (Å²) in [6.45, 7) is 3.76. The molecule has 0 amide bonds. The molecule has 0 bridgehead atoms. The predicted molar refractivity (Wildman–Crippen MR) is 113 cm³/mol. The lowest BCUT2D eigenvalue weighted by Crippen LogP contribution is -2.08. The number of nitrogens with zero attached hydrogens (tertiary/aromatic N) is 3. The minimum absolute atomic E-state index is 0.131. The van der Waals surface area contributed by atoms with Crippen LogP contribution in [-0.2, 0) is 13.0 Å². The van der Waals surface area contributed by atoms with Gasteiger partial charge in [-0.2, -0.15) is 0 Å². The van der Waals surface area contributed by atoms with Gasteiger partial charge in [0.2, 0.25) is 0 Å². The Labute approximate surface area is 174 Å². The molecule has 0 atom stereocenters. The molecule has 0 saturated heterocycles. The third-order valence-corrected chi connectivity index (χ3v) is 6.15. The summed E-state index contributed by atoms with van der Waals surface area (Å²) < 4.78 is 1.77. The van der Waals surface area contributed by atoms with Gasteiger partial charge in [-0.05, 0) is 38.0 Å². The number of aliphatic hydroxyl groups excluding tert-OH is 1. The average Bonchev–Trinajstić information content (AvgIpc) is 3.28. The fourth-order valence-electron chi connectivity index (χ4n) is 3.17. The van der Waals surface area contributed by atoms with E-state index in [0.717, 1.165) is 22.7 Å². The van der Waals surface area contributed by atoms with E-state index in [0.29, 0.717) is 27.8 Å². The number of ketones is 1. The molecule has 0 aliphatic heterocycles. The van der Waals surface area contributed by atoms with Crippen molar-refractivity contribution in [3.8, 4) is 5.00 Å². The Bertz CT molecular complexity index is 964. The summed E-state index contributed by atoms with van der Waals surface area (Å²) >= 11 is 7.83. The normalized spacial score (nSPS) is 11.1. The monoisotopic (exact) mass is 417 g/mol. The number of hydrogen-bond acceptors (Lipinski definition) is 5. The Morgan fingerprint density at radius 1 is 1.18 bits per heavy atom. The maximum atomic E-state index is 13.3. The molecule has 3 rings (SSSR count). The number of carbonyl (C=O) groups excluding carboxylic acids is 1. The second-order valence-electron chi connectivity index (χ2n) is 6.71. The van der Waals surface area contributed by atoms with E-state index < -0.39 is 0 Å². The molecule has 3 aromatic rings. The van der Waals surface area contributed by atoms with Gasteiger partial charge in [-0.25, -0.2) is 0 Å². The Balaban J connectivity index is 2.04. The summed E-state index contributed by atoms with van der Waals surface area (Å²) in [5.41, 5.74) is 1.04. The third kappa shape index (κ3) is 4.35. The highest BCUT2D eigenvalue weighted by molar-refractivity contribution is 7.15. The van der Waals surface area contributed by atoms with E-state index in [2.05, 4.69) is 17.1 Å². The SMILES string of the molecule is CCCCCCc1cc(C(=O)c2ccccc2Cl)c(-n2c(C)nnc2CO)s1. The van der Waals surface area contributed by atoms with E-state index in [1.54, 1.807) is 40.2 Å². The molecule has 1 N–H and O–H groups in total. The summed E-state index contributed by atoms with van der Waals surface area (Å²) in [4.78, 5) is 14.4. The predicted octanol–water partition coefficient (Wildman–Crippen LogP) is 5.14. The second-order valence-corrected chi connectivity index (χ2v) is 8.23. The van der Waals surface area contributed by atoms with Crippen molar-refractivity contribution in [3.63, 3.8) is 0 Å². The summed E-state index contributed by atoms with van der Waals surface area (Å²) in [6.07, 6.45) is 5.57. The summed E-state index contributed by atoms with van der Waals surface area (Å²) in [7, 11) is 0. The van der Waals surface area contributed by atoms with E-state index in [-0.39, 0.29) is 12.4 Å². The molecule has 0 aliphatic rings. The topological polar surface area (TPSA) is 68.0 Å². The maximum absolute atomic E-state index is 13.3. The molecule has 1 aromatic carbocycles. The summed E-state index contributed by atoms with van der Waals surface area (Å²) in [6, 6.07) is 9.02. The van der Waals surface area contributed by atoms with E-state index in [9.17, 15) is 9.90 Å². The van der Waals surface area contributed by atoms with Crippen molar-refractivity contribution >= 4 is 28.7 Å². The zero-order valence-electron chi connectivity index (χ0n) is 16.1. The highest BCUT2D eigenvalue weighted by Crippen LogP contribution is 2.32. The number of hydrogen-bond donors (Lipinski definition) is 1. The Kier molecular flexibility index (Phi) is 6.99. The number of aryl methyl sites for hydroxylation is 2. The quantitative estimate of drug-likeness (QED) is 0.386. The lowest BCUT2D eigenvalue weighted by atomic mass is 10.0. The van der Waals surface area contributed by atoms with Crippen LogP contribution in [0.15, 0.2) is 30.3 Å². The van der Waals surface area contributed by atoms with Crippen molar-refractivity contribution in [2.45, 2.75) is 52.6 Å². The standard InChI is InChI=1S/C21H24ClN3O2S/c1-3-4-5-6-9-15-12-17(20(27)16-10-7-8-11-18(16)22)21(28-15)25-14(2)23-24-19(25)13-26/h7-8,10-12,26H,3-6,9,13H2,1-2H3. The van der Waals surface area contributed by atoms with Crippen LogP contribution >= 0.6 is 22.9 Å². The van der Waals surface area contributed by atoms with Crippen LogP contribution in [0, 0.1) is 6.92 Å². The first-order valence-corrected chi connectivity index (χ1v) is 10.7. The van der Waals surface area contributed by atoms with Gasteiger partial charge in [0.15, 0.2) is 11.6 Å². The van der Waals surface area contributed by atoms with Gasteiger partial charge in [0.1, 0.15) is 17.4 Å². The van der Waals surface area contributed by atoms with Gasteiger partial charge in [-0.1, -0.05) is 49.9 Å². The van der Waals surface area contributed by atoms with Gasteiger partial charge in [-0.15, -0.1) is 21.5 Å². The highest BCUT2D eigenvalue weighted by Gasteiger charge is 2.23. The van der Waals surface area contributed by atoms with E-state index >= 15 is 0 Å². The average molecular weight is 418 g/mol. The van der Waals surface area contributed by atoms with Gasteiger partial charge in [0.25, 0.3) is 0 Å². The number of benzene rings is 1. The van der Waals surface area contributed by atoms with Crippen LogP contribution in [0.4, 0.5) is 0 Å². The fourth-order valence-corrected chi connectivity index (χ4v) is 4.66. The number of halogens is 1. The lowest BCUT2D eigenvalue weighted by Gasteiger charge is -2.08. The van der Waals surface area contributed by atoms with E-state index in [1.807, 2.05) is 13.0 Å². The molecule has 0 spiro atoms. The van der Waals surface area contributed by atoms with Crippen LogP contribution in [0.3, 0.4) is 0 Å². The number of rotatable bonds is 9. The van der Waals surface area contributed by atoms with Gasteiger partial charge in [-0.3, -0.25) is 9.36 Å². The molecule has 0 unspecified atom stereocenters. The zero-order valence-corrected chi connectivity index (χ0v) is 17.7. The molecule has 7 heteroatoms. The van der Waals surface area contributed by atoms with Crippen LogP contribution in [0.2, 0.25) is 5.02 Å². The first-order valence-electron chi connectivity index (χ1n) is 9.50. The largest absolute Gasteiger partial charge is 0.388 e. The van der Waals surface area contributed by atoms with Gasteiger partial charge in [0, 0.05) is 10.4 Å². The molecule has 0 radical (unpaired) electrons. The first kappa shape index (κ1) is 20.7. The van der Waals surface area contributed by atoms with Crippen molar-refractivity contribution in [2.75, 3.05) is 0 Å². The molecule has 2 aromatic heterocycles. The first-order chi connectivity index (χ1) is 13.6. The Hall–Kier alpha value is -2.02. The number of aliphatic hydroxyl groups is 1. The molecule has 5 nitrogen and oxygen atoms in total. The van der Waals surface area contributed by atoms with E-state index in [1.165, 1.54) is 19.3 Å². The molecule has 2 heterocycles. The lowest BCUT2D eigenvalue weighted by molar-refractivity contribution is 0.103. The molecule has 0 saturated carbocycles. The number of carbonyl (C=O) groups is 1. The number of thiophene rings is 1. The van der Waals surface area contributed by atoms with Crippen LogP contribution in [-0.4, -0.2) is 25.7 Å². The van der Waals surface area contributed by atoms with Crippen LogP contribution in [0.25, 0.3) is 5.00 Å². The van der Waals surface area contributed by atoms with Crippen molar-refractivity contribution in [2.24, 2.45) is 0 Å². The fraction of sp³-hybridized carbons (Fsp3) is 0.381. The van der Waals surface area contributed by atoms with Crippen LogP contribution in [0.1, 0.15) is 65.1 Å². The van der Waals surface area contributed by atoms with Gasteiger partial charge < -0.3 is 5.11 Å². The molecular weight excluding hydrogens is 394 g/mol. The molecule has 28 heavy (non-hydrogen) atoms. The maximum Gasteiger partial charge on any atom is 0.197 e. The van der Waals surface area contributed by atoms with E-state index in [4.69, 9.17) is 11.6 Å². The molecule has 0 aliphatic carbocycles. The molecule has 0 fully saturated rings.